The lowest BCUT2D eigenvalue weighted by Gasteiger charge is -2.41. The van der Waals surface area contributed by atoms with E-state index in [2.05, 4.69) is 0 Å². The zero-order chi connectivity index (χ0) is 15.5. The zero-order valence-electron chi connectivity index (χ0n) is 12.7. The van der Waals surface area contributed by atoms with Crippen LogP contribution < -0.4 is 11.5 Å². The van der Waals surface area contributed by atoms with Gasteiger partial charge in [-0.2, -0.15) is 0 Å². The number of carbonyl (C=O) groups excluding carboxylic acids is 2. The van der Waals surface area contributed by atoms with Crippen LogP contribution in [0, 0.1) is 16.7 Å². The summed E-state index contributed by atoms with van der Waals surface area (Å²) in [5.74, 6) is 0.361. The van der Waals surface area contributed by atoms with Gasteiger partial charge in [-0.1, -0.05) is 19.3 Å². The lowest BCUT2D eigenvalue weighted by molar-refractivity contribution is -0.137. The van der Waals surface area contributed by atoms with E-state index in [1.54, 1.807) is 0 Å². The summed E-state index contributed by atoms with van der Waals surface area (Å²) in [6.45, 7) is 0.733. The predicted octanol–water partition coefficient (Wildman–Crippen LogP) is 2.37. The molecule has 0 aromatic carbocycles. The molecule has 0 radical (unpaired) electrons. The minimum Gasteiger partial charge on any atom is -0.329 e. The van der Waals surface area contributed by atoms with E-state index < -0.39 is 5.41 Å². The fourth-order valence-corrected chi connectivity index (χ4v) is 4.39. The maximum Gasteiger partial charge on any atom is 0.229 e. The van der Waals surface area contributed by atoms with Gasteiger partial charge in [0.25, 0.3) is 0 Å². The van der Waals surface area contributed by atoms with E-state index >= 15 is 0 Å². The highest BCUT2D eigenvalue weighted by Crippen LogP contribution is 2.45. The van der Waals surface area contributed by atoms with Crippen LogP contribution in [-0.4, -0.2) is 24.1 Å². The molecule has 0 aromatic heterocycles. The Morgan fingerprint density at radius 2 is 1.43 bits per heavy atom. The van der Waals surface area contributed by atoms with Crippen LogP contribution in [-0.2, 0) is 9.59 Å². The van der Waals surface area contributed by atoms with E-state index in [1.165, 1.54) is 6.42 Å². The Morgan fingerprint density at radius 3 is 1.86 bits per heavy atom. The van der Waals surface area contributed by atoms with Crippen LogP contribution in [0.2, 0.25) is 0 Å². The topological polar surface area (TPSA) is 86.2 Å². The molecular formula is C16H27ClN2O2. The molecule has 0 atom stereocenters. The minimum atomic E-state index is -0.610. The molecular weight excluding hydrogens is 288 g/mol. The van der Waals surface area contributed by atoms with Crippen LogP contribution in [0.5, 0.6) is 0 Å². The molecule has 5 heteroatoms. The first-order valence-electron chi connectivity index (χ1n) is 8.14. The first-order valence-corrected chi connectivity index (χ1v) is 8.52. The number of Topliss-reactive ketones (excluding diaryl/α,β-unsaturated/α-hetero) is 1. The van der Waals surface area contributed by atoms with Crippen LogP contribution in [0.25, 0.3) is 0 Å². The summed E-state index contributed by atoms with van der Waals surface area (Å²) in [7, 11) is 0. The molecule has 0 aliphatic heterocycles. The second kappa shape index (κ2) is 6.76. The summed E-state index contributed by atoms with van der Waals surface area (Å²) < 4.78 is 0. The maximum absolute atomic E-state index is 12.9. The average molecular weight is 315 g/mol. The van der Waals surface area contributed by atoms with Crippen molar-refractivity contribution in [2.24, 2.45) is 28.2 Å². The normalized spacial score (nSPS) is 32.6. The molecule has 21 heavy (non-hydrogen) atoms. The average Bonchev–Trinajstić information content (AvgIpc) is 2.54. The Labute approximate surface area is 132 Å². The van der Waals surface area contributed by atoms with Crippen molar-refractivity contribution in [3.05, 3.63) is 0 Å². The van der Waals surface area contributed by atoms with Gasteiger partial charge in [0.1, 0.15) is 5.78 Å². The highest BCUT2D eigenvalue weighted by atomic mass is 35.5. The van der Waals surface area contributed by atoms with Gasteiger partial charge < -0.3 is 11.5 Å². The summed E-state index contributed by atoms with van der Waals surface area (Å²) in [6, 6.07) is 0. The first-order chi connectivity index (χ1) is 9.99. The molecule has 0 unspecified atom stereocenters. The largest absolute Gasteiger partial charge is 0.329 e. The molecule has 2 rings (SSSR count). The first kappa shape index (κ1) is 16.9. The quantitative estimate of drug-likeness (QED) is 0.763. The van der Waals surface area contributed by atoms with Crippen molar-refractivity contribution in [1.29, 1.82) is 0 Å². The molecule has 0 bridgehead atoms. The molecule has 2 saturated carbocycles. The Kier molecular flexibility index (Phi) is 5.44. The number of hydrogen-bond donors (Lipinski definition) is 2. The van der Waals surface area contributed by atoms with Crippen LogP contribution in [0.3, 0.4) is 0 Å². The van der Waals surface area contributed by atoms with Gasteiger partial charge >= 0.3 is 0 Å². The SMILES string of the molecule is NCC1(C(=O)Cl)CCC(C(=O)C2(CN)CCCCC2)CC1. The van der Waals surface area contributed by atoms with Crippen molar-refractivity contribution in [2.75, 3.05) is 13.1 Å². The molecule has 2 aliphatic carbocycles. The molecule has 0 heterocycles. The number of ketones is 1. The fourth-order valence-electron chi connectivity index (χ4n) is 4.13. The summed E-state index contributed by atoms with van der Waals surface area (Å²) >= 11 is 5.72. The van der Waals surface area contributed by atoms with Crippen LogP contribution in [0.1, 0.15) is 57.8 Å². The van der Waals surface area contributed by atoms with E-state index in [-0.39, 0.29) is 23.1 Å². The summed E-state index contributed by atoms with van der Waals surface area (Å²) in [6.07, 6.45) is 7.95. The standard InChI is InChI=1S/C16H27ClN2O2/c17-14(21)16(11-19)8-4-12(5-9-16)13(20)15(10-18)6-2-1-3-7-15/h12H,1-11,18-19H2. The van der Waals surface area contributed by atoms with Crippen LogP contribution >= 0.6 is 11.6 Å². The van der Waals surface area contributed by atoms with Crippen molar-refractivity contribution in [3.63, 3.8) is 0 Å². The van der Waals surface area contributed by atoms with Gasteiger partial charge in [0.05, 0.1) is 5.41 Å². The molecule has 0 saturated heterocycles. The Bertz CT molecular complexity index is 397. The highest BCUT2D eigenvalue weighted by Gasteiger charge is 2.46. The Hall–Kier alpha value is -0.450. The molecule has 120 valence electrons. The minimum absolute atomic E-state index is 0.0299. The molecule has 2 fully saturated rings. The van der Waals surface area contributed by atoms with E-state index in [0.29, 0.717) is 25.2 Å². The van der Waals surface area contributed by atoms with E-state index in [9.17, 15) is 9.59 Å². The van der Waals surface area contributed by atoms with Crippen molar-refractivity contribution in [3.8, 4) is 0 Å². The van der Waals surface area contributed by atoms with Gasteiger partial charge in [0, 0.05) is 24.4 Å². The summed E-state index contributed by atoms with van der Waals surface area (Å²) in [4.78, 5) is 24.6. The molecule has 0 amide bonds. The van der Waals surface area contributed by atoms with Crippen molar-refractivity contribution < 1.29 is 9.59 Å². The fraction of sp³-hybridized carbons (Fsp3) is 0.875. The predicted molar refractivity (Wildman–Crippen MR) is 83.9 cm³/mol. The van der Waals surface area contributed by atoms with Crippen molar-refractivity contribution >= 4 is 22.6 Å². The van der Waals surface area contributed by atoms with Crippen LogP contribution in [0.4, 0.5) is 0 Å². The molecule has 0 aromatic rings. The molecule has 4 nitrogen and oxygen atoms in total. The lowest BCUT2D eigenvalue weighted by atomic mass is 9.63. The molecule has 4 N–H and O–H groups in total. The molecule has 2 aliphatic rings. The van der Waals surface area contributed by atoms with Crippen molar-refractivity contribution in [1.82, 2.24) is 0 Å². The Balaban J connectivity index is 2.04. The second-order valence-corrected chi connectivity index (χ2v) is 7.29. The lowest BCUT2D eigenvalue weighted by Crippen LogP contribution is -2.47. The second-order valence-electron chi connectivity index (χ2n) is 6.94. The van der Waals surface area contributed by atoms with E-state index in [0.717, 1.165) is 38.5 Å². The maximum atomic E-state index is 12.9. The Morgan fingerprint density at radius 1 is 0.905 bits per heavy atom. The number of hydrogen-bond acceptors (Lipinski definition) is 4. The van der Waals surface area contributed by atoms with E-state index in [4.69, 9.17) is 23.1 Å². The third kappa shape index (κ3) is 3.17. The van der Waals surface area contributed by atoms with Gasteiger partial charge in [0.2, 0.25) is 5.24 Å². The number of nitrogens with two attached hydrogens (primary N) is 2. The third-order valence-electron chi connectivity index (χ3n) is 5.85. The van der Waals surface area contributed by atoms with Gasteiger partial charge in [-0.3, -0.25) is 9.59 Å². The smallest absolute Gasteiger partial charge is 0.229 e. The summed E-state index contributed by atoms with van der Waals surface area (Å²) in [5.41, 5.74) is 10.8. The number of rotatable bonds is 5. The van der Waals surface area contributed by atoms with Gasteiger partial charge in [-0.25, -0.2) is 0 Å². The van der Waals surface area contributed by atoms with Gasteiger partial charge in [-0.15, -0.1) is 0 Å². The van der Waals surface area contributed by atoms with Gasteiger partial charge in [0.15, 0.2) is 0 Å². The van der Waals surface area contributed by atoms with Gasteiger partial charge in [-0.05, 0) is 50.1 Å². The third-order valence-corrected chi connectivity index (χ3v) is 6.25. The number of carbonyl (C=O) groups is 2. The van der Waals surface area contributed by atoms with Crippen molar-refractivity contribution in [2.45, 2.75) is 57.8 Å². The molecule has 0 spiro atoms. The zero-order valence-corrected chi connectivity index (χ0v) is 13.5. The van der Waals surface area contributed by atoms with E-state index in [1.807, 2.05) is 0 Å². The monoisotopic (exact) mass is 314 g/mol. The highest BCUT2D eigenvalue weighted by molar-refractivity contribution is 6.64. The summed E-state index contributed by atoms with van der Waals surface area (Å²) in [5, 5.41) is -0.345. The number of halogens is 1. The van der Waals surface area contributed by atoms with Crippen LogP contribution in [0.15, 0.2) is 0 Å².